The number of nitrogens with zero attached hydrogens (tertiary/aromatic N) is 2. The minimum Gasteiger partial charge on any atom is -0.466 e. The molecular formula is C19H23FN2O5. The molecule has 0 radical (unpaired) electrons. The van der Waals surface area contributed by atoms with Gasteiger partial charge < -0.3 is 24.0 Å². The Morgan fingerprint density at radius 3 is 2.44 bits per heavy atom. The van der Waals surface area contributed by atoms with Gasteiger partial charge in [0.05, 0.1) is 37.8 Å². The van der Waals surface area contributed by atoms with Gasteiger partial charge >= 0.3 is 11.9 Å². The van der Waals surface area contributed by atoms with E-state index in [9.17, 15) is 14.0 Å². The molecule has 2 heterocycles. The van der Waals surface area contributed by atoms with Crippen LogP contribution in [-0.2, 0) is 23.8 Å². The molecule has 1 saturated heterocycles. The molecule has 0 amide bonds. The third kappa shape index (κ3) is 3.75. The predicted octanol–water partition coefficient (Wildman–Crippen LogP) is 2.21. The highest BCUT2D eigenvalue weighted by Gasteiger charge is 2.34. The van der Waals surface area contributed by atoms with E-state index >= 15 is 0 Å². The first-order valence-corrected chi connectivity index (χ1v) is 8.87. The molecule has 7 nitrogen and oxygen atoms in total. The molecule has 2 aliphatic heterocycles. The quantitative estimate of drug-likeness (QED) is 0.744. The average molecular weight is 378 g/mol. The number of hydrogen-bond acceptors (Lipinski definition) is 7. The number of methoxy groups -OCH3 is 2. The van der Waals surface area contributed by atoms with Crippen molar-refractivity contribution in [2.45, 2.75) is 19.3 Å². The summed E-state index contributed by atoms with van der Waals surface area (Å²) in [4.78, 5) is 28.1. The van der Waals surface area contributed by atoms with Gasteiger partial charge in [-0.05, 0) is 31.4 Å². The molecule has 27 heavy (non-hydrogen) atoms. The van der Waals surface area contributed by atoms with Crippen molar-refractivity contribution in [3.8, 4) is 0 Å². The summed E-state index contributed by atoms with van der Waals surface area (Å²) in [6, 6.07) is 4.67. The maximum atomic E-state index is 14.8. The van der Waals surface area contributed by atoms with E-state index in [2.05, 4.69) is 0 Å². The third-order valence-electron chi connectivity index (χ3n) is 4.76. The molecule has 1 aromatic carbocycles. The second-order valence-corrected chi connectivity index (χ2v) is 6.37. The van der Waals surface area contributed by atoms with E-state index in [0.717, 1.165) is 32.4 Å². The zero-order valence-electron chi connectivity index (χ0n) is 15.5. The number of ether oxygens (including phenoxy) is 3. The number of hydrogen-bond donors (Lipinski definition) is 0. The molecule has 2 aliphatic rings. The number of esters is 2. The number of benzene rings is 1. The summed E-state index contributed by atoms with van der Waals surface area (Å²) in [5, 5.41) is 0. The van der Waals surface area contributed by atoms with Gasteiger partial charge in [0.2, 0.25) is 0 Å². The van der Waals surface area contributed by atoms with Crippen LogP contribution in [0, 0.1) is 5.82 Å². The number of rotatable bonds is 4. The lowest BCUT2D eigenvalue weighted by Crippen LogP contribution is -2.40. The molecule has 0 spiro atoms. The number of carbonyl (C=O) groups is 2. The summed E-state index contributed by atoms with van der Waals surface area (Å²) in [5.74, 6) is -1.77. The Balaban J connectivity index is 2.12. The van der Waals surface area contributed by atoms with E-state index in [4.69, 9.17) is 14.2 Å². The molecule has 1 fully saturated rings. The first-order valence-electron chi connectivity index (χ1n) is 8.87. The van der Waals surface area contributed by atoms with Gasteiger partial charge in [0.1, 0.15) is 18.2 Å². The summed E-state index contributed by atoms with van der Waals surface area (Å²) in [6.07, 6.45) is 3.04. The van der Waals surface area contributed by atoms with Crippen LogP contribution in [0.3, 0.4) is 0 Å². The Morgan fingerprint density at radius 2 is 1.78 bits per heavy atom. The minimum absolute atomic E-state index is 0.00474. The fourth-order valence-electron chi connectivity index (χ4n) is 3.49. The first kappa shape index (κ1) is 19.2. The fraction of sp³-hybridized carbons (Fsp3) is 0.474. The van der Waals surface area contributed by atoms with Gasteiger partial charge in [-0.3, -0.25) is 0 Å². The van der Waals surface area contributed by atoms with Crippen LogP contribution >= 0.6 is 0 Å². The summed E-state index contributed by atoms with van der Waals surface area (Å²) >= 11 is 0. The SMILES string of the molecule is COC(=O)C1=C(C(=O)OC)N(c2cccc(F)c2N2CCCCC2)COC1. The van der Waals surface area contributed by atoms with Gasteiger partial charge in [-0.25, -0.2) is 14.0 Å². The molecule has 0 N–H and O–H groups in total. The Morgan fingerprint density at radius 1 is 1.07 bits per heavy atom. The zero-order chi connectivity index (χ0) is 19.4. The topological polar surface area (TPSA) is 68.3 Å². The Bertz CT molecular complexity index is 758. The number of carbonyl (C=O) groups excluding carboxylic acids is 2. The van der Waals surface area contributed by atoms with Crippen LogP contribution in [0.25, 0.3) is 0 Å². The number of halogens is 1. The number of piperidine rings is 1. The normalized spacial score (nSPS) is 17.7. The second kappa shape index (κ2) is 8.39. The monoisotopic (exact) mass is 378 g/mol. The fourth-order valence-corrected chi connectivity index (χ4v) is 3.49. The smallest absolute Gasteiger partial charge is 0.355 e. The average Bonchev–Trinajstić information content (AvgIpc) is 2.72. The van der Waals surface area contributed by atoms with Crippen LogP contribution in [0.5, 0.6) is 0 Å². The molecule has 0 atom stereocenters. The van der Waals surface area contributed by atoms with Crippen molar-refractivity contribution in [3.63, 3.8) is 0 Å². The highest BCUT2D eigenvalue weighted by atomic mass is 19.1. The predicted molar refractivity (Wildman–Crippen MR) is 96.8 cm³/mol. The van der Waals surface area contributed by atoms with Gasteiger partial charge in [-0.2, -0.15) is 0 Å². The lowest BCUT2D eigenvalue weighted by molar-refractivity contribution is -0.140. The lowest BCUT2D eigenvalue weighted by atomic mass is 10.1. The van der Waals surface area contributed by atoms with Crippen molar-refractivity contribution in [1.29, 1.82) is 0 Å². The van der Waals surface area contributed by atoms with Crippen LogP contribution in [0.15, 0.2) is 29.5 Å². The van der Waals surface area contributed by atoms with Crippen molar-refractivity contribution >= 4 is 23.3 Å². The largest absolute Gasteiger partial charge is 0.466 e. The number of anilines is 2. The molecule has 0 bridgehead atoms. The van der Waals surface area contributed by atoms with E-state index in [0.29, 0.717) is 11.4 Å². The third-order valence-corrected chi connectivity index (χ3v) is 4.76. The zero-order valence-corrected chi connectivity index (χ0v) is 15.5. The van der Waals surface area contributed by atoms with Crippen LogP contribution in [0.4, 0.5) is 15.8 Å². The maximum Gasteiger partial charge on any atom is 0.355 e. The van der Waals surface area contributed by atoms with Crippen LogP contribution in [0.2, 0.25) is 0 Å². The second-order valence-electron chi connectivity index (χ2n) is 6.37. The van der Waals surface area contributed by atoms with E-state index in [-0.39, 0.29) is 30.4 Å². The molecule has 146 valence electrons. The summed E-state index contributed by atoms with van der Waals surface area (Å²) in [7, 11) is 2.46. The van der Waals surface area contributed by atoms with Crippen LogP contribution in [-0.4, -0.2) is 52.6 Å². The standard InChI is InChI=1S/C19H23FN2O5/c1-25-18(23)13-11-27-12-22(16(13)19(24)26-2)15-8-6-7-14(20)17(15)21-9-4-3-5-10-21/h6-8H,3-5,9-12H2,1-2H3. The van der Waals surface area contributed by atoms with Crippen LogP contribution < -0.4 is 9.80 Å². The highest BCUT2D eigenvalue weighted by Crippen LogP contribution is 2.37. The Kier molecular flexibility index (Phi) is 5.95. The van der Waals surface area contributed by atoms with Crippen molar-refractivity contribution in [2.75, 3.05) is 50.4 Å². The number of para-hydroxylation sites is 1. The molecule has 0 unspecified atom stereocenters. The Hall–Kier alpha value is -2.61. The van der Waals surface area contributed by atoms with Crippen molar-refractivity contribution in [3.05, 3.63) is 35.3 Å². The van der Waals surface area contributed by atoms with Gasteiger partial charge in [0, 0.05) is 13.1 Å². The van der Waals surface area contributed by atoms with E-state index in [1.807, 2.05) is 4.90 Å². The summed E-state index contributed by atoms with van der Waals surface area (Å²) in [6.45, 7) is 1.37. The molecular weight excluding hydrogens is 355 g/mol. The summed E-state index contributed by atoms with van der Waals surface area (Å²) in [5.41, 5.74) is 0.913. The van der Waals surface area contributed by atoms with E-state index in [1.165, 1.54) is 25.2 Å². The van der Waals surface area contributed by atoms with Gasteiger partial charge in [0.15, 0.2) is 0 Å². The van der Waals surface area contributed by atoms with Crippen molar-refractivity contribution in [2.24, 2.45) is 0 Å². The molecule has 1 aromatic rings. The van der Waals surface area contributed by atoms with Crippen molar-refractivity contribution in [1.82, 2.24) is 0 Å². The molecule has 0 saturated carbocycles. The van der Waals surface area contributed by atoms with E-state index < -0.39 is 11.9 Å². The molecule has 3 rings (SSSR count). The highest BCUT2D eigenvalue weighted by molar-refractivity contribution is 6.04. The molecule has 0 aliphatic carbocycles. The minimum atomic E-state index is -0.701. The Labute approximate surface area is 157 Å². The van der Waals surface area contributed by atoms with E-state index in [1.54, 1.807) is 12.1 Å². The summed E-state index contributed by atoms with van der Waals surface area (Å²) < 4.78 is 29.9. The van der Waals surface area contributed by atoms with Gasteiger partial charge in [0.25, 0.3) is 0 Å². The first-order chi connectivity index (χ1) is 13.1. The van der Waals surface area contributed by atoms with Gasteiger partial charge in [-0.1, -0.05) is 6.07 Å². The molecule has 8 heteroatoms. The molecule has 0 aromatic heterocycles. The van der Waals surface area contributed by atoms with Crippen molar-refractivity contribution < 1.29 is 28.2 Å². The van der Waals surface area contributed by atoms with Crippen LogP contribution in [0.1, 0.15) is 19.3 Å². The maximum absolute atomic E-state index is 14.8. The van der Waals surface area contributed by atoms with Gasteiger partial charge in [-0.15, -0.1) is 0 Å². The lowest BCUT2D eigenvalue weighted by Gasteiger charge is -2.36.